The van der Waals surface area contributed by atoms with Crippen LogP contribution >= 0.6 is 0 Å². The molecule has 0 spiro atoms. The first-order chi connectivity index (χ1) is 10.4. The van der Waals surface area contributed by atoms with Gasteiger partial charge in [-0.05, 0) is 13.0 Å². The van der Waals surface area contributed by atoms with Gasteiger partial charge in [0.1, 0.15) is 17.1 Å². The van der Waals surface area contributed by atoms with E-state index in [-0.39, 0.29) is 40.0 Å². The number of aliphatic hydroxyl groups is 2. The van der Waals surface area contributed by atoms with Crippen molar-refractivity contribution < 1.29 is 29.3 Å². The van der Waals surface area contributed by atoms with Gasteiger partial charge in [-0.1, -0.05) is 0 Å². The number of fused-ring (bicyclic) bond motifs is 1. The molecule has 1 aromatic carbocycles. The highest BCUT2D eigenvalue weighted by atomic mass is 16.5. The van der Waals surface area contributed by atoms with Crippen molar-refractivity contribution in [2.75, 3.05) is 7.11 Å². The van der Waals surface area contributed by atoms with E-state index in [0.717, 1.165) is 13.2 Å². The minimum absolute atomic E-state index is 0.0155. The summed E-state index contributed by atoms with van der Waals surface area (Å²) < 4.78 is 10.1. The molecule has 0 aliphatic heterocycles. The van der Waals surface area contributed by atoms with Crippen molar-refractivity contribution in [3.63, 3.8) is 0 Å². The zero-order valence-electron chi connectivity index (χ0n) is 12.1. The van der Waals surface area contributed by atoms with Gasteiger partial charge < -0.3 is 24.5 Å². The van der Waals surface area contributed by atoms with E-state index in [1.807, 2.05) is 0 Å². The van der Waals surface area contributed by atoms with E-state index in [1.54, 1.807) is 0 Å². The smallest absolute Gasteiger partial charge is 0.338 e. The van der Waals surface area contributed by atoms with Gasteiger partial charge >= 0.3 is 5.97 Å². The lowest BCUT2D eigenvalue weighted by atomic mass is 10.0. The lowest BCUT2D eigenvalue weighted by Crippen LogP contribution is -2.18. The topological polar surface area (TPSA) is 117 Å². The highest BCUT2D eigenvalue weighted by Gasteiger charge is 2.21. The predicted molar refractivity (Wildman–Crippen MR) is 76.8 cm³/mol. The molecule has 7 nitrogen and oxygen atoms in total. The van der Waals surface area contributed by atoms with Gasteiger partial charge in [-0.3, -0.25) is 4.79 Å². The van der Waals surface area contributed by atoms with Crippen LogP contribution in [-0.2, 0) is 17.8 Å². The molecule has 1 unspecified atom stereocenters. The SMILES string of the molecule is COC(=O)c1cc(O)cc2oc(CC(C)O)c(CO)c(=O)c12. The normalized spacial score (nSPS) is 12.4. The van der Waals surface area contributed by atoms with Crippen molar-refractivity contribution in [3.8, 4) is 5.75 Å². The number of benzene rings is 1. The number of aliphatic hydroxyl groups excluding tert-OH is 2. The Kier molecular flexibility index (Phi) is 4.48. The minimum atomic E-state index is -0.805. The van der Waals surface area contributed by atoms with E-state index in [9.17, 15) is 24.9 Å². The van der Waals surface area contributed by atoms with E-state index in [2.05, 4.69) is 4.74 Å². The third-order valence-electron chi connectivity index (χ3n) is 3.20. The van der Waals surface area contributed by atoms with Gasteiger partial charge in [-0.15, -0.1) is 0 Å². The summed E-state index contributed by atoms with van der Waals surface area (Å²) in [5, 5.41) is 28.5. The Labute approximate surface area is 125 Å². The summed E-state index contributed by atoms with van der Waals surface area (Å²) in [4.78, 5) is 24.3. The van der Waals surface area contributed by atoms with Gasteiger partial charge in [0.15, 0.2) is 5.43 Å². The molecule has 0 fully saturated rings. The first-order valence-corrected chi connectivity index (χ1v) is 6.57. The zero-order chi connectivity index (χ0) is 16.4. The van der Waals surface area contributed by atoms with E-state index in [4.69, 9.17) is 4.42 Å². The molecule has 22 heavy (non-hydrogen) atoms. The highest BCUT2D eigenvalue weighted by Crippen LogP contribution is 2.26. The Hall–Kier alpha value is -2.38. The molecule has 7 heteroatoms. The number of aromatic hydroxyl groups is 1. The van der Waals surface area contributed by atoms with Gasteiger partial charge in [0, 0.05) is 12.5 Å². The molecule has 0 aliphatic carbocycles. The van der Waals surface area contributed by atoms with Gasteiger partial charge in [0.2, 0.25) is 0 Å². The molecule has 0 aliphatic rings. The number of methoxy groups -OCH3 is 1. The molecule has 0 bridgehead atoms. The molecule has 1 heterocycles. The van der Waals surface area contributed by atoms with Crippen LogP contribution in [0.5, 0.6) is 5.75 Å². The van der Waals surface area contributed by atoms with Crippen molar-refractivity contribution in [1.29, 1.82) is 0 Å². The number of carbonyl (C=O) groups is 1. The summed E-state index contributed by atoms with van der Waals surface area (Å²) in [5.74, 6) is -0.965. The number of phenolic OH excluding ortho intramolecular Hbond substituents is 1. The minimum Gasteiger partial charge on any atom is -0.508 e. The molecule has 0 radical (unpaired) electrons. The Morgan fingerprint density at radius 2 is 2.09 bits per heavy atom. The molecule has 2 rings (SSSR count). The molecule has 3 N–H and O–H groups in total. The number of hydrogen-bond acceptors (Lipinski definition) is 7. The van der Waals surface area contributed by atoms with E-state index >= 15 is 0 Å². The summed E-state index contributed by atoms with van der Waals surface area (Å²) in [6.07, 6.45) is -0.770. The van der Waals surface area contributed by atoms with Crippen LogP contribution in [0.4, 0.5) is 0 Å². The number of esters is 1. The summed E-state index contributed by atoms with van der Waals surface area (Å²) >= 11 is 0. The number of ether oxygens (including phenoxy) is 1. The fourth-order valence-corrected chi connectivity index (χ4v) is 2.25. The quantitative estimate of drug-likeness (QED) is 0.712. The molecule has 1 atom stereocenters. The summed E-state index contributed by atoms with van der Waals surface area (Å²) in [7, 11) is 1.15. The van der Waals surface area contributed by atoms with E-state index < -0.39 is 24.1 Å². The highest BCUT2D eigenvalue weighted by molar-refractivity contribution is 6.03. The second-order valence-electron chi connectivity index (χ2n) is 4.90. The average molecular weight is 308 g/mol. The average Bonchev–Trinajstić information content (AvgIpc) is 2.44. The molecule has 118 valence electrons. The van der Waals surface area contributed by atoms with Crippen LogP contribution in [0.25, 0.3) is 11.0 Å². The van der Waals surface area contributed by atoms with Gasteiger partial charge in [-0.2, -0.15) is 0 Å². The number of phenols is 1. The van der Waals surface area contributed by atoms with Crippen LogP contribution in [0.2, 0.25) is 0 Å². The summed E-state index contributed by atoms with van der Waals surface area (Å²) in [6, 6.07) is 2.29. The molecular weight excluding hydrogens is 292 g/mol. The molecule has 1 aromatic heterocycles. The lowest BCUT2D eigenvalue weighted by Gasteiger charge is -2.11. The third-order valence-corrected chi connectivity index (χ3v) is 3.20. The van der Waals surface area contributed by atoms with Crippen LogP contribution in [-0.4, -0.2) is 34.5 Å². The van der Waals surface area contributed by atoms with Gasteiger partial charge in [0.25, 0.3) is 0 Å². The Bertz CT molecular complexity index is 774. The van der Waals surface area contributed by atoms with Gasteiger partial charge in [0.05, 0.1) is 36.3 Å². The van der Waals surface area contributed by atoms with Crippen molar-refractivity contribution >= 4 is 16.9 Å². The van der Waals surface area contributed by atoms with Crippen molar-refractivity contribution in [2.45, 2.75) is 26.1 Å². The van der Waals surface area contributed by atoms with Crippen LogP contribution < -0.4 is 5.43 Å². The maximum atomic E-state index is 12.5. The Morgan fingerprint density at radius 3 is 2.64 bits per heavy atom. The summed E-state index contributed by atoms with van der Waals surface area (Å²) in [5.41, 5.74) is -0.799. The number of rotatable bonds is 4. The van der Waals surface area contributed by atoms with Crippen molar-refractivity contribution in [2.24, 2.45) is 0 Å². The van der Waals surface area contributed by atoms with Crippen LogP contribution in [0, 0.1) is 0 Å². The largest absolute Gasteiger partial charge is 0.508 e. The van der Waals surface area contributed by atoms with E-state index in [0.29, 0.717) is 0 Å². The molecular formula is C15H16O7. The standard InChI is InChI=1S/C15H16O7/c1-7(17)3-11-10(6-16)14(19)13-9(15(20)21-2)4-8(18)5-12(13)22-11/h4-5,7,16-18H,3,6H2,1-2H3. The first-order valence-electron chi connectivity index (χ1n) is 6.57. The Balaban J connectivity index is 2.87. The second kappa shape index (κ2) is 6.17. The van der Waals surface area contributed by atoms with E-state index in [1.165, 1.54) is 13.0 Å². The number of carbonyl (C=O) groups excluding carboxylic acids is 1. The fraction of sp³-hybridized carbons (Fsp3) is 0.333. The lowest BCUT2D eigenvalue weighted by molar-refractivity contribution is 0.0602. The number of hydrogen-bond donors (Lipinski definition) is 3. The van der Waals surface area contributed by atoms with Crippen LogP contribution in [0.15, 0.2) is 21.3 Å². The molecule has 0 saturated carbocycles. The fourth-order valence-electron chi connectivity index (χ4n) is 2.25. The van der Waals surface area contributed by atoms with Crippen LogP contribution in [0.3, 0.4) is 0 Å². The first kappa shape index (κ1) is 16.0. The third kappa shape index (κ3) is 2.81. The molecule has 0 amide bonds. The molecule has 0 saturated heterocycles. The maximum absolute atomic E-state index is 12.5. The monoisotopic (exact) mass is 308 g/mol. The second-order valence-corrected chi connectivity index (χ2v) is 4.90. The zero-order valence-corrected chi connectivity index (χ0v) is 12.1. The van der Waals surface area contributed by atoms with Crippen LogP contribution in [0.1, 0.15) is 28.6 Å². The van der Waals surface area contributed by atoms with Crippen molar-refractivity contribution in [1.82, 2.24) is 0 Å². The van der Waals surface area contributed by atoms with Crippen molar-refractivity contribution in [3.05, 3.63) is 39.2 Å². The Morgan fingerprint density at radius 1 is 1.41 bits per heavy atom. The predicted octanol–water partition coefficient (Wildman–Crippen LogP) is 0.701. The molecule has 2 aromatic rings. The maximum Gasteiger partial charge on any atom is 0.338 e. The van der Waals surface area contributed by atoms with Gasteiger partial charge in [-0.25, -0.2) is 4.79 Å². The summed E-state index contributed by atoms with van der Waals surface area (Å²) in [6.45, 7) is 0.912.